The number of ketones is 1. The van der Waals surface area contributed by atoms with Crippen LogP contribution in [0.15, 0.2) is 29.3 Å². The van der Waals surface area contributed by atoms with Gasteiger partial charge in [-0.3, -0.25) is 4.79 Å². The van der Waals surface area contributed by atoms with Crippen LogP contribution in [0.4, 0.5) is 0 Å². The lowest BCUT2D eigenvalue weighted by Gasteiger charge is -2.41. The molecule has 0 radical (unpaired) electrons. The number of aliphatic imine (C=N–C) groups is 1. The first-order valence-electron chi connectivity index (χ1n) is 6.78. The zero-order chi connectivity index (χ0) is 14.3. The fraction of sp³-hybridized carbons (Fsp3) is 0.467. The van der Waals surface area contributed by atoms with Crippen LogP contribution in [0.25, 0.3) is 0 Å². The minimum Gasteiger partial charge on any atom is -0.468 e. The number of carbonyl (C=O) groups is 1. The molecule has 1 fully saturated rings. The van der Waals surface area contributed by atoms with E-state index in [9.17, 15) is 9.90 Å². The number of benzene rings is 1. The van der Waals surface area contributed by atoms with Crippen molar-refractivity contribution in [1.82, 2.24) is 0 Å². The van der Waals surface area contributed by atoms with Crippen molar-refractivity contribution in [3.8, 4) is 0 Å². The molecule has 106 valence electrons. The van der Waals surface area contributed by atoms with Gasteiger partial charge in [-0.05, 0) is 32.3 Å². The quantitative estimate of drug-likeness (QED) is 0.911. The second-order valence-electron chi connectivity index (χ2n) is 5.33. The molecule has 0 aromatic heterocycles. The third kappa shape index (κ3) is 1.95. The van der Waals surface area contributed by atoms with Crippen LogP contribution in [-0.4, -0.2) is 29.0 Å². The number of carbonyl (C=O) groups excluding carboxylic acids is 1. The van der Waals surface area contributed by atoms with Gasteiger partial charge in [0.25, 0.3) is 0 Å². The summed E-state index contributed by atoms with van der Waals surface area (Å²) in [6, 6.07) is 7.26. The van der Waals surface area contributed by atoms with Gasteiger partial charge >= 0.3 is 0 Å². The number of Topliss-reactive ketones (excluding diaryl/α,β-unsaturated/α-hetero) is 1. The number of aliphatic hydroxyl groups excluding tert-OH is 1. The molecule has 1 aromatic rings. The first kappa shape index (κ1) is 13.6. The van der Waals surface area contributed by atoms with Crippen molar-refractivity contribution in [2.45, 2.75) is 43.9 Å². The summed E-state index contributed by atoms with van der Waals surface area (Å²) < 4.78 is 5.52. The average molecular weight is 294 g/mol. The van der Waals surface area contributed by atoms with E-state index in [2.05, 4.69) is 4.99 Å². The molecule has 1 aliphatic carbocycles. The zero-order valence-corrected chi connectivity index (χ0v) is 11.9. The molecular weight excluding hydrogens is 278 g/mol. The van der Waals surface area contributed by atoms with Gasteiger partial charge in [0, 0.05) is 10.6 Å². The molecule has 1 saturated carbocycles. The number of halogens is 1. The van der Waals surface area contributed by atoms with E-state index < -0.39 is 17.7 Å². The van der Waals surface area contributed by atoms with Crippen molar-refractivity contribution in [3.63, 3.8) is 0 Å². The number of hydrogen-bond acceptors (Lipinski definition) is 4. The Morgan fingerprint density at radius 1 is 1.50 bits per heavy atom. The molecule has 0 spiro atoms. The zero-order valence-electron chi connectivity index (χ0n) is 11.2. The number of rotatable bonds is 2. The summed E-state index contributed by atoms with van der Waals surface area (Å²) in [5.74, 6) is 0.176. The fourth-order valence-corrected chi connectivity index (χ4v) is 3.26. The molecule has 1 aromatic carbocycles. The molecule has 2 aliphatic rings. The van der Waals surface area contributed by atoms with Crippen molar-refractivity contribution < 1.29 is 14.6 Å². The van der Waals surface area contributed by atoms with Gasteiger partial charge in [-0.15, -0.1) is 0 Å². The Morgan fingerprint density at radius 2 is 2.25 bits per heavy atom. The number of aliphatic hydroxyl groups is 1. The lowest BCUT2D eigenvalue weighted by Crippen LogP contribution is -2.52. The number of ether oxygens (including phenoxy) is 1. The van der Waals surface area contributed by atoms with Crippen LogP contribution in [0.2, 0.25) is 5.02 Å². The van der Waals surface area contributed by atoms with E-state index in [1.54, 1.807) is 13.0 Å². The lowest BCUT2D eigenvalue weighted by atomic mass is 9.74. The Hall–Kier alpha value is -1.39. The highest BCUT2D eigenvalue weighted by atomic mass is 35.5. The Balaban J connectivity index is 2.19. The fourth-order valence-electron chi connectivity index (χ4n) is 2.96. The third-order valence-corrected chi connectivity index (χ3v) is 4.28. The van der Waals surface area contributed by atoms with Gasteiger partial charge in [-0.25, -0.2) is 4.99 Å². The number of nitrogens with zero attached hydrogens (tertiary/aromatic N) is 1. The van der Waals surface area contributed by atoms with Crippen molar-refractivity contribution in [2.75, 3.05) is 0 Å². The largest absolute Gasteiger partial charge is 0.468 e. The summed E-state index contributed by atoms with van der Waals surface area (Å²) in [6.45, 7) is 1.59. The van der Waals surface area contributed by atoms with Crippen LogP contribution in [-0.2, 0) is 15.1 Å². The van der Waals surface area contributed by atoms with Gasteiger partial charge in [-0.1, -0.05) is 29.8 Å². The predicted molar refractivity (Wildman–Crippen MR) is 76.0 cm³/mol. The number of hydrogen-bond donors (Lipinski definition) is 1. The Kier molecular flexibility index (Phi) is 3.30. The first-order valence-corrected chi connectivity index (χ1v) is 7.16. The average Bonchev–Trinajstić information content (AvgIpc) is 2.39. The van der Waals surface area contributed by atoms with E-state index in [0.717, 1.165) is 6.42 Å². The molecule has 1 N–H and O–H groups in total. The standard InChI is InChI=1S/C15H16ClNO3/c1-9(18)14-17-15(10-5-2-3-6-11(10)16)8-4-7-12(20-14)13(15)19/h2-3,5-6,9,12,18H,4,7-8H2,1H3. The van der Waals surface area contributed by atoms with Gasteiger partial charge in [0.2, 0.25) is 11.7 Å². The Bertz CT molecular complexity index is 584. The SMILES string of the molecule is CC(O)C1=NC2(c3ccccc3Cl)CCCC(O1)C2=O. The summed E-state index contributed by atoms with van der Waals surface area (Å²) in [7, 11) is 0. The monoisotopic (exact) mass is 293 g/mol. The minimum atomic E-state index is -0.994. The predicted octanol–water partition coefficient (Wildman–Crippen LogP) is 2.47. The molecule has 3 unspecified atom stereocenters. The summed E-state index contributed by atoms with van der Waals surface area (Å²) in [5, 5.41) is 10.3. The van der Waals surface area contributed by atoms with Crippen LogP contribution in [0.5, 0.6) is 0 Å². The Morgan fingerprint density at radius 3 is 2.95 bits per heavy atom. The van der Waals surface area contributed by atoms with Gasteiger partial charge in [-0.2, -0.15) is 0 Å². The van der Waals surface area contributed by atoms with Gasteiger partial charge in [0.05, 0.1) is 0 Å². The summed E-state index contributed by atoms with van der Waals surface area (Å²) in [6.07, 6.45) is 0.758. The molecule has 0 saturated heterocycles. The van der Waals surface area contributed by atoms with Gasteiger partial charge < -0.3 is 9.84 Å². The highest BCUT2D eigenvalue weighted by Gasteiger charge is 2.52. The summed E-state index contributed by atoms with van der Waals surface area (Å²) in [4.78, 5) is 17.1. The molecule has 3 rings (SSSR count). The second-order valence-corrected chi connectivity index (χ2v) is 5.74. The van der Waals surface area contributed by atoms with E-state index in [1.807, 2.05) is 18.2 Å². The molecule has 0 amide bonds. The maximum absolute atomic E-state index is 12.7. The molecule has 20 heavy (non-hydrogen) atoms. The molecule has 2 bridgehead atoms. The van der Waals surface area contributed by atoms with Gasteiger partial charge in [0.1, 0.15) is 6.10 Å². The molecule has 1 heterocycles. The molecule has 5 heteroatoms. The molecular formula is C15H16ClNO3. The highest BCUT2D eigenvalue weighted by Crippen LogP contribution is 2.44. The molecule has 4 nitrogen and oxygen atoms in total. The van der Waals surface area contributed by atoms with Crippen molar-refractivity contribution in [1.29, 1.82) is 0 Å². The smallest absolute Gasteiger partial charge is 0.214 e. The van der Waals surface area contributed by atoms with E-state index >= 15 is 0 Å². The number of fused-ring (bicyclic) bond motifs is 2. The topological polar surface area (TPSA) is 58.9 Å². The third-order valence-electron chi connectivity index (χ3n) is 3.95. The van der Waals surface area contributed by atoms with Crippen LogP contribution >= 0.6 is 11.6 Å². The van der Waals surface area contributed by atoms with Crippen molar-refractivity contribution >= 4 is 23.3 Å². The molecule has 1 aliphatic heterocycles. The van der Waals surface area contributed by atoms with Gasteiger partial charge in [0.15, 0.2) is 11.6 Å². The Labute approximate surface area is 122 Å². The maximum Gasteiger partial charge on any atom is 0.214 e. The highest BCUT2D eigenvalue weighted by molar-refractivity contribution is 6.32. The normalized spacial score (nSPS) is 30.4. The van der Waals surface area contributed by atoms with Crippen molar-refractivity contribution in [3.05, 3.63) is 34.9 Å². The lowest BCUT2D eigenvalue weighted by molar-refractivity contribution is -0.137. The second kappa shape index (κ2) is 4.86. The van der Waals surface area contributed by atoms with Crippen LogP contribution in [0, 0.1) is 0 Å². The van der Waals surface area contributed by atoms with Crippen LogP contribution in [0.1, 0.15) is 31.7 Å². The van der Waals surface area contributed by atoms with E-state index in [-0.39, 0.29) is 11.7 Å². The van der Waals surface area contributed by atoms with E-state index in [4.69, 9.17) is 16.3 Å². The molecule has 3 atom stereocenters. The van der Waals surface area contributed by atoms with Crippen LogP contribution in [0.3, 0.4) is 0 Å². The van der Waals surface area contributed by atoms with Crippen molar-refractivity contribution in [2.24, 2.45) is 4.99 Å². The maximum atomic E-state index is 12.7. The minimum absolute atomic E-state index is 0.0544. The first-order chi connectivity index (χ1) is 9.54. The van der Waals surface area contributed by atoms with E-state index in [0.29, 0.717) is 23.4 Å². The summed E-state index contributed by atoms with van der Waals surface area (Å²) in [5.41, 5.74) is -0.288. The van der Waals surface area contributed by atoms with E-state index in [1.165, 1.54) is 0 Å². The van der Waals surface area contributed by atoms with Crippen LogP contribution < -0.4 is 0 Å². The summed E-state index contributed by atoms with van der Waals surface area (Å²) >= 11 is 6.27.